The normalized spacial score (nSPS) is 11.3. The van der Waals surface area contributed by atoms with Crippen molar-refractivity contribution >= 4 is 28.0 Å². The van der Waals surface area contributed by atoms with E-state index in [0.29, 0.717) is 12.2 Å². The first kappa shape index (κ1) is 14.7. The van der Waals surface area contributed by atoms with Crippen LogP contribution >= 0.6 is 0 Å². The van der Waals surface area contributed by atoms with Gasteiger partial charge in [-0.25, -0.2) is 0 Å². The van der Waals surface area contributed by atoms with Gasteiger partial charge in [-0.2, -0.15) is 0 Å². The molecule has 0 unspecified atom stereocenters. The second kappa shape index (κ2) is 5.88. The van der Waals surface area contributed by atoms with Gasteiger partial charge < -0.3 is 9.67 Å². The maximum atomic E-state index is 11.0. The quantitative estimate of drug-likeness (QED) is 0.430. The zero-order valence-corrected chi connectivity index (χ0v) is 12.4. The molecule has 1 heterocycles. The number of rotatable bonds is 4. The van der Waals surface area contributed by atoms with Crippen LogP contribution in [-0.4, -0.2) is 14.6 Å². The number of nitrogens with zero attached hydrogens (tertiary/aromatic N) is 4. The molecule has 0 fully saturated rings. The van der Waals surface area contributed by atoms with Crippen molar-refractivity contribution in [3.63, 3.8) is 0 Å². The third-order valence-corrected chi connectivity index (χ3v) is 3.57. The Kier molecular flexibility index (Phi) is 3.76. The first-order valence-corrected chi connectivity index (χ1v) is 7.08. The minimum absolute atomic E-state index is 0.00367. The fourth-order valence-electron chi connectivity index (χ4n) is 2.50. The number of hydrogen-bond donors (Lipinski definition) is 1. The monoisotopic (exact) mass is 310 g/mol. The number of aromatic hydroxyl groups is 1. The summed E-state index contributed by atoms with van der Waals surface area (Å²) in [6.45, 7) is 2.49. The van der Waals surface area contributed by atoms with E-state index >= 15 is 0 Å². The van der Waals surface area contributed by atoms with Gasteiger partial charge >= 0.3 is 0 Å². The van der Waals surface area contributed by atoms with Crippen molar-refractivity contribution in [1.82, 2.24) is 4.57 Å². The standard InChI is InChI=1S/C16H14N4O3/c1-2-19-13-9-5-3-7-11(13)15(16(19)21)18-17-12-8-4-6-10-14(12)20(22)23/h3-10,21H,2H2,1H3. The van der Waals surface area contributed by atoms with E-state index in [1.165, 1.54) is 12.1 Å². The second-order valence-corrected chi connectivity index (χ2v) is 4.88. The summed E-state index contributed by atoms with van der Waals surface area (Å²) >= 11 is 0. The van der Waals surface area contributed by atoms with Gasteiger partial charge in [0.25, 0.3) is 5.69 Å². The molecule has 0 aliphatic rings. The van der Waals surface area contributed by atoms with Gasteiger partial charge in [-0.05, 0) is 19.1 Å². The Morgan fingerprint density at radius 3 is 2.57 bits per heavy atom. The highest BCUT2D eigenvalue weighted by atomic mass is 16.6. The average molecular weight is 310 g/mol. The molecule has 1 aromatic heterocycles. The molecule has 116 valence electrons. The molecule has 23 heavy (non-hydrogen) atoms. The Morgan fingerprint density at radius 2 is 1.83 bits per heavy atom. The summed E-state index contributed by atoms with van der Waals surface area (Å²) in [6.07, 6.45) is 0. The zero-order chi connectivity index (χ0) is 16.4. The van der Waals surface area contributed by atoms with Gasteiger partial charge in [0.1, 0.15) is 0 Å². The van der Waals surface area contributed by atoms with Crippen LogP contribution in [0.1, 0.15) is 6.92 Å². The smallest absolute Gasteiger partial charge is 0.296 e. The van der Waals surface area contributed by atoms with Crippen molar-refractivity contribution in [3.8, 4) is 5.88 Å². The number of benzene rings is 2. The summed E-state index contributed by atoms with van der Waals surface area (Å²) in [5, 5.41) is 30.1. The Hall–Kier alpha value is -3.22. The van der Waals surface area contributed by atoms with Crippen LogP contribution in [0.4, 0.5) is 17.1 Å². The Bertz CT molecular complexity index is 915. The number of fused-ring (bicyclic) bond motifs is 1. The lowest BCUT2D eigenvalue weighted by Crippen LogP contribution is -1.91. The van der Waals surface area contributed by atoms with Crippen LogP contribution in [0.2, 0.25) is 0 Å². The van der Waals surface area contributed by atoms with Gasteiger partial charge in [-0.15, -0.1) is 10.2 Å². The zero-order valence-electron chi connectivity index (χ0n) is 12.4. The lowest BCUT2D eigenvalue weighted by Gasteiger charge is -2.00. The van der Waals surface area contributed by atoms with E-state index in [1.54, 1.807) is 16.7 Å². The number of nitro groups is 1. The van der Waals surface area contributed by atoms with Crippen LogP contribution < -0.4 is 0 Å². The van der Waals surface area contributed by atoms with Gasteiger partial charge in [0, 0.05) is 18.0 Å². The number of para-hydroxylation sites is 2. The van der Waals surface area contributed by atoms with E-state index < -0.39 is 4.92 Å². The van der Waals surface area contributed by atoms with Crippen molar-refractivity contribution in [2.45, 2.75) is 13.5 Å². The predicted molar refractivity (Wildman–Crippen MR) is 86.5 cm³/mol. The molecule has 0 spiro atoms. The first-order valence-electron chi connectivity index (χ1n) is 7.08. The van der Waals surface area contributed by atoms with Crippen molar-refractivity contribution in [3.05, 3.63) is 58.6 Å². The summed E-state index contributed by atoms with van der Waals surface area (Å²) < 4.78 is 1.71. The van der Waals surface area contributed by atoms with E-state index in [4.69, 9.17) is 0 Å². The number of nitro benzene ring substituents is 1. The molecule has 0 amide bonds. The van der Waals surface area contributed by atoms with Crippen molar-refractivity contribution < 1.29 is 10.0 Å². The molecule has 0 atom stereocenters. The summed E-state index contributed by atoms with van der Waals surface area (Å²) in [7, 11) is 0. The molecule has 0 aliphatic carbocycles. The molecule has 0 saturated heterocycles. The molecule has 3 rings (SSSR count). The molecule has 0 radical (unpaired) electrons. The number of azo groups is 1. The van der Waals surface area contributed by atoms with E-state index in [9.17, 15) is 15.2 Å². The van der Waals surface area contributed by atoms with Gasteiger partial charge in [-0.3, -0.25) is 10.1 Å². The highest BCUT2D eigenvalue weighted by molar-refractivity contribution is 5.95. The van der Waals surface area contributed by atoms with Gasteiger partial charge in [-0.1, -0.05) is 30.3 Å². The summed E-state index contributed by atoms with van der Waals surface area (Å²) in [6, 6.07) is 13.5. The molecule has 7 nitrogen and oxygen atoms in total. The molecular formula is C16H14N4O3. The van der Waals surface area contributed by atoms with Crippen molar-refractivity contribution in [1.29, 1.82) is 0 Å². The van der Waals surface area contributed by atoms with Gasteiger partial charge in [0.15, 0.2) is 11.4 Å². The van der Waals surface area contributed by atoms with Gasteiger partial charge in [0.2, 0.25) is 5.88 Å². The van der Waals surface area contributed by atoms with Crippen LogP contribution in [0.5, 0.6) is 5.88 Å². The van der Waals surface area contributed by atoms with E-state index in [1.807, 2.05) is 31.2 Å². The molecule has 2 aromatic carbocycles. The maximum absolute atomic E-state index is 11.0. The predicted octanol–water partition coefficient (Wildman–Crippen LogP) is 4.69. The largest absolute Gasteiger partial charge is 0.493 e. The van der Waals surface area contributed by atoms with Crippen LogP contribution in [0.25, 0.3) is 10.9 Å². The fourth-order valence-corrected chi connectivity index (χ4v) is 2.50. The molecular weight excluding hydrogens is 296 g/mol. The average Bonchev–Trinajstić information content (AvgIpc) is 2.84. The summed E-state index contributed by atoms with van der Waals surface area (Å²) in [5.74, 6) is -0.00367. The van der Waals surface area contributed by atoms with Crippen LogP contribution in [0.3, 0.4) is 0 Å². The van der Waals surface area contributed by atoms with E-state index in [0.717, 1.165) is 10.9 Å². The SMILES string of the molecule is CCn1c(O)c(N=Nc2ccccc2[N+](=O)[O-])c2ccccc21. The number of aryl methyl sites for hydroxylation is 1. The van der Waals surface area contributed by atoms with E-state index in [-0.39, 0.29) is 17.3 Å². The molecule has 1 N–H and O–H groups in total. The number of hydrogen-bond acceptors (Lipinski definition) is 5. The summed E-state index contributed by atoms with van der Waals surface area (Å²) in [5.41, 5.74) is 1.16. The van der Waals surface area contributed by atoms with Crippen molar-refractivity contribution in [2.75, 3.05) is 0 Å². The van der Waals surface area contributed by atoms with Crippen molar-refractivity contribution in [2.24, 2.45) is 10.2 Å². The lowest BCUT2D eigenvalue weighted by atomic mass is 10.2. The molecule has 3 aromatic rings. The van der Waals surface area contributed by atoms with Crippen LogP contribution in [-0.2, 0) is 6.54 Å². The highest BCUT2D eigenvalue weighted by Crippen LogP contribution is 2.40. The Labute approximate surface area is 131 Å². The van der Waals surface area contributed by atoms with Crippen LogP contribution in [0.15, 0.2) is 58.8 Å². The molecule has 7 heteroatoms. The topological polar surface area (TPSA) is 93.0 Å². The lowest BCUT2D eigenvalue weighted by molar-refractivity contribution is -0.384. The summed E-state index contributed by atoms with van der Waals surface area (Å²) in [4.78, 5) is 10.5. The minimum atomic E-state index is -0.510. The third kappa shape index (κ3) is 2.52. The first-order chi connectivity index (χ1) is 11.1. The Morgan fingerprint density at radius 1 is 1.13 bits per heavy atom. The molecule has 0 aliphatic heterocycles. The highest BCUT2D eigenvalue weighted by Gasteiger charge is 2.16. The molecule has 0 bridgehead atoms. The fraction of sp³-hybridized carbons (Fsp3) is 0.125. The maximum Gasteiger partial charge on any atom is 0.296 e. The minimum Gasteiger partial charge on any atom is -0.493 e. The van der Waals surface area contributed by atoms with Gasteiger partial charge in [0.05, 0.1) is 10.4 Å². The van der Waals surface area contributed by atoms with Crippen LogP contribution in [0, 0.1) is 10.1 Å². The Balaban J connectivity index is 2.13. The number of aromatic nitrogens is 1. The second-order valence-electron chi connectivity index (χ2n) is 4.88. The van der Waals surface area contributed by atoms with E-state index in [2.05, 4.69) is 10.2 Å². The third-order valence-electron chi connectivity index (χ3n) is 3.57. The molecule has 0 saturated carbocycles.